The van der Waals surface area contributed by atoms with Crippen LogP contribution in [0.1, 0.15) is 15.9 Å². The molecule has 3 rings (SSSR count). The molecular formula is C22H16BrClN2O4. The van der Waals surface area contributed by atoms with Gasteiger partial charge < -0.3 is 9.47 Å². The Bertz CT molecular complexity index is 1070. The number of hydrogen-bond donors (Lipinski definition) is 1. The molecule has 0 aliphatic carbocycles. The highest BCUT2D eigenvalue weighted by atomic mass is 79.9. The molecule has 3 aromatic rings. The molecule has 8 heteroatoms. The molecule has 0 atom stereocenters. The molecule has 3 aromatic carbocycles. The second-order valence-corrected chi connectivity index (χ2v) is 7.36. The van der Waals surface area contributed by atoms with E-state index in [1.807, 2.05) is 6.07 Å². The quantitative estimate of drug-likeness (QED) is 0.224. The normalized spacial score (nSPS) is 10.6. The molecule has 0 saturated heterocycles. The van der Waals surface area contributed by atoms with E-state index in [0.717, 1.165) is 4.47 Å². The third kappa shape index (κ3) is 6.72. The van der Waals surface area contributed by atoms with Gasteiger partial charge in [-0.05, 0) is 60.2 Å². The van der Waals surface area contributed by atoms with E-state index in [2.05, 4.69) is 26.5 Å². The monoisotopic (exact) mass is 486 g/mol. The topological polar surface area (TPSA) is 77.0 Å². The Morgan fingerprint density at radius 1 is 1.00 bits per heavy atom. The number of esters is 1. The zero-order valence-corrected chi connectivity index (χ0v) is 17.9. The lowest BCUT2D eigenvalue weighted by Crippen LogP contribution is -2.24. The number of hydrogen-bond acceptors (Lipinski definition) is 5. The lowest BCUT2D eigenvalue weighted by molar-refractivity contribution is -0.123. The van der Waals surface area contributed by atoms with Crippen molar-refractivity contribution in [3.05, 3.63) is 93.4 Å². The van der Waals surface area contributed by atoms with Crippen molar-refractivity contribution in [1.82, 2.24) is 5.43 Å². The van der Waals surface area contributed by atoms with Crippen LogP contribution in [0, 0.1) is 0 Å². The molecule has 0 fully saturated rings. The number of nitrogens with zero attached hydrogens (tertiary/aromatic N) is 1. The second kappa shape index (κ2) is 10.6. The second-order valence-electron chi connectivity index (χ2n) is 6.01. The maximum Gasteiger partial charge on any atom is 0.343 e. The molecule has 0 aliphatic rings. The van der Waals surface area contributed by atoms with E-state index in [-0.39, 0.29) is 6.61 Å². The molecule has 0 spiro atoms. The van der Waals surface area contributed by atoms with Crippen molar-refractivity contribution in [2.45, 2.75) is 0 Å². The van der Waals surface area contributed by atoms with E-state index < -0.39 is 11.9 Å². The summed E-state index contributed by atoms with van der Waals surface area (Å²) in [7, 11) is 0. The third-order valence-corrected chi connectivity index (χ3v) is 4.46. The molecule has 1 N–H and O–H groups in total. The predicted molar refractivity (Wildman–Crippen MR) is 118 cm³/mol. The van der Waals surface area contributed by atoms with Crippen molar-refractivity contribution in [2.24, 2.45) is 5.10 Å². The number of benzene rings is 3. The maximum absolute atomic E-state index is 12.2. The van der Waals surface area contributed by atoms with Gasteiger partial charge in [0.15, 0.2) is 6.61 Å². The van der Waals surface area contributed by atoms with Gasteiger partial charge in [-0.25, -0.2) is 10.2 Å². The van der Waals surface area contributed by atoms with Gasteiger partial charge in [-0.15, -0.1) is 0 Å². The van der Waals surface area contributed by atoms with Crippen LogP contribution in [0.25, 0.3) is 0 Å². The van der Waals surface area contributed by atoms with Crippen LogP contribution in [-0.2, 0) is 4.79 Å². The number of amides is 1. The van der Waals surface area contributed by atoms with Crippen LogP contribution in [-0.4, -0.2) is 24.7 Å². The minimum atomic E-state index is -0.474. The molecule has 30 heavy (non-hydrogen) atoms. The first-order valence-electron chi connectivity index (χ1n) is 8.78. The largest absolute Gasteiger partial charge is 0.484 e. The number of ether oxygens (including phenoxy) is 2. The highest BCUT2D eigenvalue weighted by Crippen LogP contribution is 2.17. The Hall–Kier alpha value is -3.16. The van der Waals surface area contributed by atoms with Gasteiger partial charge in [0.1, 0.15) is 11.5 Å². The molecule has 0 heterocycles. The molecule has 0 bridgehead atoms. The SMILES string of the molecule is O=C(COc1ccc(Cl)cc1)NN=Cc1cccc(OC(=O)c2cccc(Br)c2)c1. The summed E-state index contributed by atoms with van der Waals surface area (Å²) in [5, 5.41) is 4.47. The zero-order valence-electron chi connectivity index (χ0n) is 15.5. The third-order valence-electron chi connectivity index (χ3n) is 3.72. The zero-order chi connectivity index (χ0) is 21.3. The number of nitrogens with one attached hydrogen (secondary N) is 1. The Morgan fingerprint density at radius 3 is 2.53 bits per heavy atom. The first-order valence-corrected chi connectivity index (χ1v) is 9.95. The molecule has 6 nitrogen and oxygen atoms in total. The predicted octanol–water partition coefficient (Wildman–Crippen LogP) is 4.85. The number of rotatable bonds is 7. The van der Waals surface area contributed by atoms with Gasteiger partial charge in [0.25, 0.3) is 5.91 Å². The Labute approximate surface area is 186 Å². The van der Waals surface area contributed by atoms with Gasteiger partial charge in [0.2, 0.25) is 0 Å². The van der Waals surface area contributed by atoms with Crippen molar-refractivity contribution < 1.29 is 19.1 Å². The van der Waals surface area contributed by atoms with Gasteiger partial charge in [-0.2, -0.15) is 5.10 Å². The molecule has 0 aliphatic heterocycles. The Morgan fingerprint density at radius 2 is 1.77 bits per heavy atom. The summed E-state index contributed by atoms with van der Waals surface area (Å²) in [6.07, 6.45) is 1.44. The van der Waals surface area contributed by atoms with Gasteiger partial charge in [0, 0.05) is 9.50 Å². The highest BCUT2D eigenvalue weighted by Gasteiger charge is 2.09. The van der Waals surface area contributed by atoms with Gasteiger partial charge >= 0.3 is 5.97 Å². The number of halogens is 2. The van der Waals surface area contributed by atoms with Crippen LogP contribution < -0.4 is 14.9 Å². The maximum atomic E-state index is 12.2. The molecule has 0 unspecified atom stereocenters. The fourth-order valence-electron chi connectivity index (χ4n) is 2.33. The van der Waals surface area contributed by atoms with Gasteiger partial charge in [0.05, 0.1) is 11.8 Å². The standard InChI is InChI=1S/C22H16BrClN2O4/c23-17-5-2-4-16(12-17)22(28)30-20-6-1-3-15(11-20)13-25-26-21(27)14-29-19-9-7-18(24)8-10-19/h1-13H,14H2,(H,26,27). The summed E-state index contributed by atoms with van der Waals surface area (Å²) in [4.78, 5) is 24.1. The van der Waals surface area contributed by atoms with Crippen molar-refractivity contribution >= 4 is 45.6 Å². The van der Waals surface area contributed by atoms with Crippen LogP contribution in [0.3, 0.4) is 0 Å². The van der Waals surface area contributed by atoms with E-state index in [1.165, 1.54) is 6.21 Å². The van der Waals surface area contributed by atoms with E-state index in [0.29, 0.717) is 27.6 Å². The summed E-state index contributed by atoms with van der Waals surface area (Å²) in [6, 6.07) is 20.4. The number of hydrazone groups is 1. The van der Waals surface area contributed by atoms with Crippen LogP contribution in [0.5, 0.6) is 11.5 Å². The van der Waals surface area contributed by atoms with Crippen LogP contribution in [0.4, 0.5) is 0 Å². The average molecular weight is 488 g/mol. The summed E-state index contributed by atoms with van der Waals surface area (Å²) in [5.41, 5.74) is 3.45. The van der Waals surface area contributed by atoms with E-state index in [4.69, 9.17) is 21.1 Å². The fraction of sp³-hybridized carbons (Fsp3) is 0.0455. The van der Waals surface area contributed by atoms with E-state index in [9.17, 15) is 9.59 Å². The number of carbonyl (C=O) groups excluding carboxylic acids is 2. The summed E-state index contributed by atoms with van der Waals surface area (Å²) in [6.45, 7) is -0.191. The van der Waals surface area contributed by atoms with Gasteiger partial charge in [-0.1, -0.05) is 45.7 Å². The lowest BCUT2D eigenvalue weighted by atomic mass is 10.2. The molecule has 152 valence electrons. The lowest BCUT2D eigenvalue weighted by Gasteiger charge is -2.06. The van der Waals surface area contributed by atoms with Crippen molar-refractivity contribution in [3.63, 3.8) is 0 Å². The summed E-state index contributed by atoms with van der Waals surface area (Å²) in [5.74, 6) is -0.00343. The first kappa shape index (κ1) is 21.5. The van der Waals surface area contributed by atoms with E-state index >= 15 is 0 Å². The molecule has 0 aromatic heterocycles. The Kier molecular flexibility index (Phi) is 7.59. The molecule has 0 radical (unpaired) electrons. The van der Waals surface area contributed by atoms with Crippen molar-refractivity contribution in [1.29, 1.82) is 0 Å². The highest BCUT2D eigenvalue weighted by molar-refractivity contribution is 9.10. The van der Waals surface area contributed by atoms with Crippen LogP contribution in [0.15, 0.2) is 82.4 Å². The van der Waals surface area contributed by atoms with Crippen LogP contribution in [0.2, 0.25) is 5.02 Å². The van der Waals surface area contributed by atoms with Gasteiger partial charge in [-0.3, -0.25) is 4.79 Å². The number of carbonyl (C=O) groups is 2. The molecular weight excluding hydrogens is 472 g/mol. The smallest absolute Gasteiger partial charge is 0.343 e. The molecule has 0 saturated carbocycles. The summed E-state index contributed by atoms with van der Waals surface area (Å²) < 4.78 is 11.5. The minimum absolute atomic E-state index is 0.191. The fourth-order valence-corrected chi connectivity index (χ4v) is 2.86. The minimum Gasteiger partial charge on any atom is -0.484 e. The Balaban J connectivity index is 1.51. The molecule has 1 amide bonds. The van der Waals surface area contributed by atoms with E-state index in [1.54, 1.807) is 66.7 Å². The van der Waals surface area contributed by atoms with Crippen molar-refractivity contribution in [2.75, 3.05) is 6.61 Å². The first-order chi connectivity index (χ1) is 14.5. The summed E-state index contributed by atoms with van der Waals surface area (Å²) >= 11 is 9.11. The average Bonchev–Trinajstić information content (AvgIpc) is 2.73. The van der Waals surface area contributed by atoms with Crippen LogP contribution >= 0.6 is 27.5 Å². The van der Waals surface area contributed by atoms with Crippen molar-refractivity contribution in [3.8, 4) is 11.5 Å².